The van der Waals surface area contributed by atoms with Gasteiger partial charge in [0.1, 0.15) is 0 Å². The molecule has 2 saturated heterocycles. The number of alkyl halides is 3. The first-order valence-corrected chi connectivity index (χ1v) is 9.79. The van der Waals surface area contributed by atoms with Crippen LogP contribution < -0.4 is 5.32 Å². The van der Waals surface area contributed by atoms with E-state index in [2.05, 4.69) is 5.32 Å². The Morgan fingerprint density at radius 1 is 1.19 bits per heavy atom. The quantitative estimate of drug-likeness (QED) is 0.714. The molecule has 0 aromatic carbocycles. The number of β-amino-alcohol motifs (C(OH)–C–C–N with tert-alkyl or cyclic N) is 1. The van der Waals surface area contributed by atoms with Gasteiger partial charge in [-0.15, -0.1) is 0 Å². The van der Waals surface area contributed by atoms with Gasteiger partial charge >= 0.3 is 6.18 Å². The molecule has 1 aliphatic carbocycles. The molecule has 3 rings (SSSR count). The lowest BCUT2D eigenvalue weighted by Gasteiger charge is -2.44. The van der Waals surface area contributed by atoms with Crippen molar-refractivity contribution in [2.75, 3.05) is 32.8 Å². The largest absolute Gasteiger partial charge is 0.390 e. The fourth-order valence-corrected chi connectivity index (χ4v) is 3.83. The number of nitrogens with zero attached hydrogens (tertiary/aromatic N) is 1. The van der Waals surface area contributed by atoms with E-state index in [0.29, 0.717) is 25.3 Å². The Morgan fingerprint density at radius 3 is 2.67 bits per heavy atom. The smallest absolute Gasteiger partial charge is 0.389 e. The summed E-state index contributed by atoms with van der Waals surface area (Å²) < 4.78 is 49.5. The molecule has 1 amide bonds. The highest BCUT2D eigenvalue weighted by Crippen LogP contribution is 2.30. The second kappa shape index (κ2) is 9.07. The van der Waals surface area contributed by atoms with E-state index in [-0.39, 0.29) is 56.9 Å². The van der Waals surface area contributed by atoms with Gasteiger partial charge in [-0.05, 0) is 31.6 Å². The summed E-state index contributed by atoms with van der Waals surface area (Å²) in [4.78, 5) is 13.7. The van der Waals surface area contributed by atoms with Crippen molar-refractivity contribution in [1.82, 2.24) is 10.2 Å². The van der Waals surface area contributed by atoms with E-state index in [0.717, 1.165) is 0 Å². The van der Waals surface area contributed by atoms with E-state index in [1.54, 1.807) is 4.90 Å². The molecule has 0 aromatic rings. The zero-order valence-electron chi connectivity index (χ0n) is 15.4. The highest BCUT2D eigenvalue weighted by atomic mass is 19.4. The average Bonchev–Trinajstić information content (AvgIpc) is 3.39. The molecule has 4 atom stereocenters. The Balaban J connectivity index is 1.54. The molecular formula is C18H29F3N2O4. The molecule has 3 fully saturated rings. The van der Waals surface area contributed by atoms with Crippen molar-refractivity contribution in [3.8, 4) is 0 Å². The Kier molecular flexibility index (Phi) is 6.99. The summed E-state index contributed by atoms with van der Waals surface area (Å²) in [6.07, 6.45) is -2.78. The van der Waals surface area contributed by atoms with Crippen LogP contribution in [0.4, 0.5) is 13.2 Å². The fraction of sp³-hybridized carbons (Fsp3) is 0.944. The van der Waals surface area contributed by atoms with Crippen molar-refractivity contribution < 1.29 is 32.5 Å². The van der Waals surface area contributed by atoms with Crippen molar-refractivity contribution in [1.29, 1.82) is 0 Å². The zero-order valence-corrected chi connectivity index (χ0v) is 15.4. The molecule has 2 heterocycles. The first-order chi connectivity index (χ1) is 12.8. The maximum absolute atomic E-state index is 12.7. The van der Waals surface area contributed by atoms with Gasteiger partial charge in [-0.2, -0.15) is 13.2 Å². The molecular weight excluding hydrogens is 365 g/mol. The van der Waals surface area contributed by atoms with Crippen molar-refractivity contribution >= 4 is 5.91 Å². The van der Waals surface area contributed by atoms with Gasteiger partial charge in [0.2, 0.25) is 5.91 Å². The lowest BCUT2D eigenvalue weighted by molar-refractivity contribution is -0.169. The topological polar surface area (TPSA) is 71.0 Å². The highest BCUT2D eigenvalue weighted by Gasteiger charge is 2.39. The summed E-state index contributed by atoms with van der Waals surface area (Å²) in [5.41, 5.74) is 0. The van der Waals surface area contributed by atoms with Crippen LogP contribution in [0.3, 0.4) is 0 Å². The minimum atomic E-state index is -4.24. The molecule has 2 aliphatic heterocycles. The lowest BCUT2D eigenvalue weighted by Crippen LogP contribution is -2.56. The van der Waals surface area contributed by atoms with Gasteiger partial charge in [0, 0.05) is 25.7 Å². The van der Waals surface area contributed by atoms with Crippen LogP contribution in [-0.2, 0) is 14.3 Å². The maximum Gasteiger partial charge on any atom is 0.390 e. The lowest BCUT2D eigenvalue weighted by atomic mass is 9.94. The molecule has 27 heavy (non-hydrogen) atoms. The van der Waals surface area contributed by atoms with Gasteiger partial charge in [0.25, 0.3) is 0 Å². The minimum absolute atomic E-state index is 0.0403. The summed E-state index contributed by atoms with van der Waals surface area (Å²) in [5, 5.41) is 12.9. The summed E-state index contributed by atoms with van der Waals surface area (Å²) in [6.45, 7) is 0.959. The minimum Gasteiger partial charge on any atom is -0.389 e. The summed E-state index contributed by atoms with van der Waals surface area (Å²) in [5.74, 6) is 0.569. The molecule has 0 spiro atoms. The Labute approximate surface area is 157 Å². The number of rotatable bonds is 6. The number of hydrogen-bond acceptors (Lipinski definition) is 5. The van der Waals surface area contributed by atoms with Gasteiger partial charge < -0.3 is 19.9 Å². The van der Waals surface area contributed by atoms with E-state index in [9.17, 15) is 23.1 Å². The van der Waals surface area contributed by atoms with E-state index >= 15 is 0 Å². The summed E-state index contributed by atoms with van der Waals surface area (Å²) in [7, 11) is 0. The number of hydrogen-bond donors (Lipinski definition) is 2. The molecule has 3 aliphatic rings. The van der Waals surface area contributed by atoms with Crippen LogP contribution in [0.5, 0.6) is 0 Å². The first kappa shape index (κ1) is 20.8. The van der Waals surface area contributed by atoms with Gasteiger partial charge in [-0.1, -0.05) is 0 Å². The molecule has 9 heteroatoms. The van der Waals surface area contributed by atoms with Crippen LogP contribution in [0.1, 0.15) is 38.5 Å². The van der Waals surface area contributed by atoms with Gasteiger partial charge in [0.15, 0.2) is 0 Å². The second-order valence-electron chi connectivity index (χ2n) is 7.94. The molecule has 0 unspecified atom stereocenters. The Morgan fingerprint density at radius 2 is 1.96 bits per heavy atom. The Hall–Kier alpha value is -0.900. The van der Waals surface area contributed by atoms with Gasteiger partial charge in [-0.3, -0.25) is 9.69 Å². The van der Waals surface area contributed by atoms with Gasteiger partial charge in [-0.25, -0.2) is 0 Å². The number of ether oxygens (including phenoxy) is 2. The number of carbonyl (C=O) groups is 1. The SMILES string of the molecule is O=C(C[C@@H]1CC[C@H]2[C@@H](COC[C@H](O)CN2CCC(F)(F)F)O1)NCC1CC1. The first-order valence-electron chi connectivity index (χ1n) is 9.79. The molecule has 2 N–H and O–H groups in total. The molecule has 6 nitrogen and oxygen atoms in total. The maximum atomic E-state index is 12.7. The number of amides is 1. The van der Waals surface area contributed by atoms with Crippen molar-refractivity contribution in [2.45, 2.75) is 69.1 Å². The number of aliphatic hydroxyl groups is 1. The predicted molar refractivity (Wildman–Crippen MR) is 91.1 cm³/mol. The number of carbonyl (C=O) groups excluding carboxylic acids is 1. The number of halogens is 3. The van der Waals surface area contributed by atoms with Crippen LogP contribution in [0.25, 0.3) is 0 Å². The van der Waals surface area contributed by atoms with Crippen LogP contribution in [-0.4, -0.2) is 79.3 Å². The van der Waals surface area contributed by atoms with Crippen molar-refractivity contribution in [3.63, 3.8) is 0 Å². The third kappa shape index (κ3) is 6.89. The Bertz CT molecular complexity index is 501. The molecule has 0 bridgehead atoms. The summed E-state index contributed by atoms with van der Waals surface area (Å²) >= 11 is 0. The normalized spacial score (nSPS) is 33.0. The van der Waals surface area contributed by atoms with Crippen LogP contribution in [0.2, 0.25) is 0 Å². The van der Waals surface area contributed by atoms with Crippen molar-refractivity contribution in [2.24, 2.45) is 5.92 Å². The third-order valence-corrected chi connectivity index (χ3v) is 5.47. The molecule has 0 aromatic heterocycles. The van der Waals surface area contributed by atoms with E-state index < -0.39 is 18.7 Å². The standard InChI is InChI=1S/C18H29F3N2O4/c19-18(20,21)5-6-23-9-13(24)10-26-11-16-15(23)4-3-14(27-16)7-17(25)22-8-12-1-2-12/h12-16,24H,1-11H2,(H,22,25)/t13-,14+,15+,16-/m1/s1. The number of nitrogens with one attached hydrogen (secondary N) is 1. The molecule has 1 saturated carbocycles. The van der Waals surface area contributed by atoms with Crippen LogP contribution in [0, 0.1) is 5.92 Å². The predicted octanol–water partition coefficient (Wildman–Crippen LogP) is 1.46. The molecule has 0 radical (unpaired) electrons. The summed E-state index contributed by atoms with van der Waals surface area (Å²) in [6, 6.07) is -0.243. The monoisotopic (exact) mass is 394 g/mol. The fourth-order valence-electron chi connectivity index (χ4n) is 3.83. The highest BCUT2D eigenvalue weighted by molar-refractivity contribution is 5.76. The number of fused-ring (bicyclic) bond motifs is 1. The second-order valence-corrected chi connectivity index (χ2v) is 7.94. The number of aliphatic hydroxyl groups excluding tert-OH is 1. The van der Waals surface area contributed by atoms with Crippen molar-refractivity contribution in [3.05, 3.63) is 0 Å². The van der Waals surface area contributed by atoms with E-state index in [4.69, 9.17) is 9.47 Å². The van der Waals surface area contributed by atoms with Crippen LogP contribution in [0.15, 0.2) is 0 Å². The zero-order chi connectivity index (χ0) is 19.4. The van der Waals surface area contributed by atoms with Crippen LogP contribution >= 0.6 is 0 Å². The average molecular weight is 394 g/mol. The van der Waals surface area contributed by atoms with E-state index in [1.807, 2.05) is 0 Å². The third-order valence-electron chi connectivity index (χ3n) is 5.47. The van der Waals surface area contributed by atoms with E-state index in [1.165, 1.54) is 12.8 Å². The van der Waals surface area contributed by atoms with Gasteiger partial charge in [0.05, 0.1) is 44.4 Å². The molecule has 156 valence electrons.